The van der Waals surface area contributed by atoms with Crippen molar-refractivity contribution in [2.75, 3.05) is 5.75 Å². The SMILES string of the molecule is CCSC1CCC(NC(=O)NC(C(=O)O)C(C)O)C1. The lowest BCUT2D eigenvalue weighted by atomic mass is 10.2. The summed E-state index contributed by atoms with van der Waals surface area (Å²) >= 11 is 1.89. The van der Waals surface area contributed by atoms with Crippen LogP contribution >= 0.6 is 11.8 Å². The van der Waals surface area contributed by atoms with Gasteiger partial charge in [0.2, 0.25) is 0 Å². The minimum Gasteiger partial charge on any atom is -0.480 e. The lowest BCUT2D eigenvalue weighted by Crippen LogP contribution is -2.52. The zero-order valence-corrected chi connectivity index (χ0v) is 12.1. The molecule has 6 nitrogen and oxygen atoms in total. The van der Waals surface area contributed by atoms with E-state index in [1.165, 1.54) is 6.92 Å². The van der Waals surface area contributed by atoms with E-state index in [0.717, 1.165) is 25.0 Å². The molecular formula is C12H22N2O4S. The van der Waals surface area contributed by atoms with Crippen molar-refractivity contribution in [2.24, 2.45) is 0 Å². The predicted octanol–water partition coefficient (Wildman–Crippen LogP) is 0.794. The van der Waals surface area contributed by atoms with E-state index in [1.807, 2.05) is 11.8 Å². The van der Waals surface area contributed by atoms with Gasteiger partial charge < -0.3 is 20.8 Å². The van der Waals surface area contributed by atoms with Gasteiger partial charge in [0.15, 0.2) is 6.04 Å². The molecule has 0 aromatic heterocycles. The molecule has 0 bridgehead atoms. The number of thioether (sulfide) groups is 1. The first-order valence-corrected chi connectivity index (χ1v) is 7.58. The molecule has 4 atom stereocenters. The highest BCUT2D eigenvalue weighted by Crippen LogP contribution is 2.29. The number of carbonyl (C=O) groups excluding carboxylic acids is 1. The summed E-state index contributed by atoms with van der Waals surface area (Å²) < 4.78 is 0. The molecule has 7 heteroatoms. The number of aliphatic hydroxyl groups is 1. The molecule has 1 fully saturated rings. The van der Waals surface area contributed by atoms with Crippen LogP contribution in [0.3, 0.4) is 0 Å². The maximum atomic E-state index is 11.7. The number of aliphatic carboxylic acids is 1. The first kappa shape index (κ1) is 16.1. The van der Waals surface area contributed by atoms with Gasteiger partial charge in [0.05, 0.1) is 6.10 Å². The second kappa shape index (κ2) is 7.59. The third-order valence-corrected chi connectivity index (χ3v) is 4.39. The monoisotopic (exact) mass is 290 g/mol. The first-order valence-electron chi connectivity index (χ1n) is 6.53. The van der Waals surface area contributed by atoms with Gasteiger partial charge in [-0.15, -0.1) is 0 Å². The van der Waals surface area contributed by atoms with Crippen LogP contribution in [0.15, 0.2) is 0 Å². The molecule has 1 saturated carbocycles. The molecular weight excluding hydrogens is 268 g/mol. The first-order chi connectivity index (χ1) is 8.93. The van der Waals surface area contributed by atoms with Gasteiger partial charge in [-0.05, 0) is 31.9 Å². The average Bonchev–Trinajstić information content (AvgIpc) is 2.73. The van der Waals surface area contributed by atoms with Gasteiger partial charge in [-0.25, -0.2) is 9.59 Å². The topological polar surface area (TPSA) is 98.7 Å². The van der Waals surface area contributed by atoms with E-state index in [0.29, 0.717) is 5.25 Å². The number of carboxylic acids is 1. The summed E-state index contributed by atoms with van der Waals surface area (Å²) in [6.45, 7) is 3.45. The number of amides is 2. The Morgan fingerprint density at radius 2 is 2.11 bits per heavy atom. The molecule has 1 rings (SSSR count). The highest BCUT2D eigenvalue weighted by Gasteiger charge is 2.29. The van der Waals surface area contributed by atoms with Crippen molar-refractivity contribution in [2.45, 2.75) is 56.5 Å². The van der Waals surface area contributed by atoms with Crippen molar-refractivity contribution in [3.63, 3.8) is 0 Å². The molecule has 0 aliphatic heterocycles. The summed E-state index contributed by atoms with van der Waals surface area (Å²) in [7, 11) is 0. The van der Waals surface area contributed by atoms with Crippen molar-refractivity contribution >= 4 is 23.8 Å². The Kier molecular flexibility index (Phi) is 6.44. The summed E-state index contributed by atoms with van der Waals surface area (Å²) in [5.41, 5.74) is 0. The lowest BCUT2D eigenvalue weighted by molar-refractivity contribution is -0.141. The Bertz CT molecular complexity index is 325. The minimum atomic E-state index is -1.28. The van der Waals surface area contributed by atoms with Crippen LogP contribution in [0.1, 0.15) is 33.1 Å². The molecule has 2 amide bonds. The maximum Gasteiger partial charge on any atom is 0.328 e. The fraction of sp³-hybridized carbons (Fsp3) is 0.833. The maximum absolute atomic E-state index is 11.7. The fourth-order valence-corrected chi connectivity index (χ4v) is 3.36. The molecule has 4 N–H and O–H groups in total. The van der Waals surface area contributed by atoms with E-state index < -0.39 is 24.1 Å². The molecule has 0 aromatic carbocycles. The minimum absolute atomic E-state index is 0.0903. The third-order valence-electron chi connectivity index (χ3n) is 3.16. The van der Waals surface area contributed by atoms with E-state index >= 15 is 0 Å². The van der Waals surface area contributed by atoms with Gasteiger partial charge in [-0.1, -0.05) is 6.92 Å². The van der Waals surface area contributed by atoms with Gasteiger partial charge in [0, 0.05) is 11.3 Å². The number of rotatable bonds is 6. The molecule has 1 aliphatic rings. The Morgan fingerprint density at radius 1 is 1.42 bits per heavy atom. The highest BCUT2D eigenvalue weighted by molar-refractivity contribution is 7.99. The molecule has 1 aliphatic carbocycles. The third kappa shape index (κ3) is 5.28. The number of carbonyl (C=O) groups is 2. The lowest BCUT2D eigenvalue weighted by Gasteiger charge is -2.19. The zero-order chi connectivity index (χ0) is 14.4. The largest absolute Gasteiger partial charge is 0.480 e. The van der Waals surface area contributed by atoms with Crippen LogP contribution in [0.4, 0.5) is 4.79 Å². The van der Waals surface area contributed by atoms with Gasteiger partial charge in [-0.2, -0.15) is 11.8 Å². The summed E-state index contributed by atoms with van der Waals surface area (Å²) in [6, 6.07) is -1.71. The molecule has 4 unspecified atom stereocenters. The Morgan fingerprint density at radius 3 is 2.63 bits per heavy atom. The quantitative estimate of drug-likeness (QED) is 0.580. The molecule has 0 heterocycles. The van der Waals surface area contributed by atoms with Crippen molar-refractivity contribution in [1.29, 1.82) is 0 Å². The summed E-state index contributed by atoms with van der Waals surface area (Å²) in [5.74, 6) is -0.178. The zero-order valence-electron chi connectivity index (χ0n) is 11.3. The van der Waals surface area contributed by atoms with Crippen LogP contribution in [0, 0.1) is 0 Å². The van der Waals surface area contributed by atoms with Gasteiger partial charge in [0.1, 0.15) is 0 Å². The molecule has 0 aromatic rings. The summed E-state index contributed by atoms with van der Waals surface area (Å²) in [4.78, 5) is 22.5. The van der Waals surface area contributed by atoms with Crippen LogP contribution in [0.5, 0.6) is 0 Å². The Labute approximate surface area is 117 Å². The van der Waals surface area contributed by atoms with Crippen molar-refractivity contribution in [3.05, 3.63) is 0 Å². The summed E-state index contributed by atoms with van der Waals surface area (Å²) in [6.07, 6.45) is 1.77. The fourth-order valence-electron chi connectivity index (χ4n) is 2.22. The number of urea groups is 1. The van der Waals surface area contributed by atoms with Gasteiger partial charge >= 0.3 is 12.0 Å². The number of hydrogen-bond donors (Lipinski definition) is 4. The van der Waals surface area contributed by atoms with Crippen molar-refractivity contribution in [1.82, 2.24) is 10.6 Å². The molecule has 19 heavy (non-hydrogen) atoms. The van der Waals surface area contributed by atoms with Crippen molar-refractivity contribution < 1.29 is 19.8 Å². The van der Waals surface area contributed by atoms with E-state index in [-0.39, 0.29) is 6.04 Å². The summed E-state index contributed by atoms with van der Waals surface area (Å²) in [5, 5.41) is 23.8. The Balaban J connectivity index is 2.37. The van der Waals surface area contributed by atoms with Gasteiger partial charge in [-0.3, -0.25) is 0 Å². The standard InChI is InChI=1S/C12H22N2O4S/c1-3-19-9-5-4-8(6-9)13-12(18)14-10(7(2)15)11(16)17/h7-10,15H,3-6H2,1-2H3,(H,16,17)(H2,13,14,18). The second-order valence-electron chi connectivity index (χ2n) is 4.76. The smallest absolute Gasteiger partial charge is 0.328 e. The van der Waals surface area contributed by atoms with Crippen LogP contribution in [0.2, 0.25) is 0 Å². The van der Waals surface area contributed by atoms with E-state index in [9.17, 15) is 14.7 Å². The average molecular weight is 290 g/mol. The van der Waals surface area contributed by atoms with Crippen LogP contribution in [-0.4, -0.2) is 51.4 Å². The number of aliphatic hydroxyl groups excluding tert-OH is 1. The van der Waals surface area contributed by atoms with E-state index in [4.69, 9.17) is 5.11 Å². The van der Waals surface area contributed by atoms with Crippen molar-refractivity contribution in [3.8, 4) is 0 Å². The van der Waals surface area contributed by atoms with Crippen LogP contribution in [0.25, 0.3) is 0 Å². The normalized spacial score (nSPS) is 25.6. The number of hydrogen-bond acceptors (Lipinski definition) is 4. The molecule has 0 saturated heterocycles. The molecule has 0 radical (unpaired) electrons. The Hall–Kier alpha value is -0.950. The van der Waals surface area contributed by atoms with Crippen LogP contribution in [-0.2, 0) is 4.79 Å². The molecule has 110 valence electrons. The highest BCUT2D eigenvalue weighted by atomic mass is 32.2. The second-order valence-corrected chi connectivity index (χ2v) is 6.34. The number of nitrogens with one attached hydrogen (secondary N) is 2. The number of carboxylic acid groups (broad SMARTS) is 1. The van der Waals surface area contributed by atoms with E-state index in [1.54, 1.807) is 0 Å². The van der Waals surface area contributed by atoms with E-state index in [2.05, 4.69) is 17.6 Å². The van der Waals surface area contributed by atoms with Gasteiger partial charge in [0.25, 0.3) is 0 Å². The molecule has 0 spiro atoms. The predicted molar refractivity (Wildman–Crippen MR) is 74.3 cm³/mol. The van der Waals surface area contributed by atoms with Crippen LogP contribution < -0.4 is 10.6 Å².